The second-order valence-corrected chi connectivity index (χ2v) is 2.42. The second kappa shape index (κ2) is 10.3. The van der Waals surface area contributed by atoms with E-state index < -0.39 is 5.97 Å². The molecular weight excluding hydrogens is 200 g/mol. The predicted molar refractivity (Wildman–Crippen MR) is 56.0 cm³/mol. The standard InChI is InChI=1S/C6H6O2.C2H4O2.C2H6O/c7-5-3-1-2-4-6(5)8;1-2(3)4;1-3-2/h1-4,7-8H;1H3,(H,3,4);1-2H3. The van der Waals surface area contributed by atoms with Crippen LogP contribution >= 0.6 is 0 Å². The third-order valence-corrected chi connectivity index (χ3v) is 0.882. The maximum Gasteiger partial charge on any atom is 0.300 e. The van der Waals surface area contributed by atoms with Crippen LogP contribution in [0.3, 0.4) is 0 Å². The highest BCUT2D eigenvalue weighted by molar-refractivity contribution is 5.62. The summed E-state index contributed by atoms with van der Waals surface area (Å²) in [6.07, 6.45) is 0. The number of aliphatic carboxylic acids is 1. The first-order valence-corrected chi connectivity index (χ1v) is 4.02. The van der Waals surface area contributed by atoms with E-state index in [4.69, 9.17) is 20.1 Å². The second-order valence-electron chi connectivity index (χ2n) is 2.42. The number of carbonyl (C=O) groups is 1. The number of carboxylic acid groups (broad SMARTS) is 1. The summed E-state index contributed by atoms with van der Waals surface area (Å²) in [4.78, 5) is 9.00. The monoisotopic (exact) mass is 216 g/mol. The number of ether oxygens (including phenoxy) is 1. The normalized spacial score (nSPS) is 7.67. The lowest BCUT2D eigenvalue weighted by Crippen LogP contribution is -1.78. The molecular formula is C10H16O5. The Morgan fingerprint density at radius 3 is 1.47 bits per heavy atom. The van der Waals surface area contributed by atoms with Gasteiger partial charge in [0.05, 0.1) is 0 Å². The number of rotatable bonds is 0. The molecule has 5 heteroatoms. The van der Waals surface area contributed by atoms with Gasteiger partial charge in [0.1, 0.15) is 0 Å². The summed E-state index contributed by atoms with van der Waals surface area (Å²) in [7, 11) is 3.25. The molecule has 0 atom stereocenters. The molecule has 0 amide bonds. The highest BCUT2D eigenvalue weighted by Gasteiger charge is 1.90. The van der Waals surface area contributed by atoms with Crippen LogP contribution in [0.25, 0.3) is 0 Å². The molecule has 0 radical (unpaired) electrons. The van der Waals surface area contributed by atoms with E-state index >= 15 is 0 Å². The van der Waals surface area contributed by atoms with Crippen molar-refractivity contribution >= 4 is 5.97 Å². The van der Waals surface area contributed by atoms with E-state index in [9.17, 15) is 0 Å². The zero-order chi connectivity index (χ0) is 12.3. The van der Waals surface area contributed by atoms with E-state index in [0.717, 1.165) is 6.92 Å². The number of carboxylic acids is 1. The van der Waals surface area contributed by atoms with Crippen LogP contribution in [0.1, 0.15) is 6.92 Å². The molecule has 1 rings (SSSR count). The Bertz CT molecular complexity index is 247. The molecule has 0 unspecified atom stereocenters. The van der Waals surface area contributed by atoms with Gasteiger partial charge in [-0.15, -0.1) is 0 Å². The highest BCUT2D eigenvalue weighted by Crippen LogP contribution is 2.21. The lowest BCUT2D eigenvalue weighted by atomic mass is 10.3. The fraction of sp³-hybridized carbons (Fsp3) is 0.300. The van der Waals surface area contributed by atoms with Gasteiger partial charge in [-0.05, 0) is 12.1 Å². The Morgan fingerprint density at radius 1 is 1.13 bits per heavy atom. The maximum atomic E-state index is 9.00. The largest absolute Gasteiger partial charge is 0.504 e. The van der Waals surface area contributed by atoms with E-state index in [1.54, 1.807) is 26.4 Å². The topological polar surface area (TPSA) is 87.0 Å². The number of phenols is 2. The van der Waals surface area contributed by atoms with Gasteiger partial charge in [0.15, 0.2) is 11.5 Å². The Morgan fingerprint density at radius 2 is 1.33 bits per heavy atom. The van der Waals surface area contributed by atoms with Gasteiger partial charge in [-0.1, -0.05) is 12.1 Å². The summed E-state index contributed by atoms with van der Waals surface area (Å²) in [5.74, 6) is -0.986. The van der Waals surface area contributed by atoms with E-state index in [2.05, 4.69) is 4.74 Å². The lowest BCUT2D eigenvalue weighted by molar-refractivity contribution is -0.134. The number of methoxy groups -OCH3 is 1. The molecule has 5 nitrogen and oxygen atoms in total. The van der Waals surface area contributed by atoms with E-state index in [-0.39, 0.29) is 11.5 Å². The Balaban J connectivity index is 0. The molecule has 0 bridgehead atoms. The van der Waals surface area contributed by atoms with E-state index in [1.807, 2.05) is 0 Å². The maximum absolute atomic E-state index is 9.00. The number of benzene rings is 1. The van der Waals surface area contributed by atoms with Crippen molar-refractivity contribution in [3.05, 3.63) is 24.3 Å². The summed E-state index contributed by atoms with van der Waals surface area (Å²) in [5.41, 5.74) is 0. The highest BCUT2D eigenvalue weighted by atomic mass is 16.4. The van der Waals surface area contributed by atoms with Crippen LogP contribution in [0.2, 0.25) is 0 Å². The van der Waals surface area contributed by atoms with Crippen molar-refractivity contribution in [2.45, 2.75) is 6.92 Å². The SMILES string of the molecule is CC(=O)O.COC.Oc1ccccc1O. The average molecular weight is 216 g/mol. The van der Waals surface area contributed by atoms with Gasteiger partial charge in [-0.2, -0.15) is 0 Å². The first-order valence-electron chi connectivity index (χ1n) is 4.02. The summed E-state index contributed by atoms with van der Waals surface area (Å²) >= 11 is 0. The van der Waals surface area contributed by atoms with Crippen molar-refractivity contribution in [1.29, 1.82) is 0 Å². The number of phenolic OH excluding ortho intramolecular Hbond substituents is 2. The molecule has 1 aromatic rings. The van der Waals surface area contributed by atoms with Crippen LogP contribution in [-0.2, 0) is 9.53 Å². The van der Waals surface area contributed by atoms with Crippen LogP contribution in [0.15, 0.2) is 24.3 Å². The summed E-state index contributed by atoms with van der Waals surface area (Å²) in [6.45, 7) is 1.08. The zero-order valence-electron chi connectivity index (χ0n) is 8.97. The Labute approximate surface area is 88.6 Å². The van der Waals surface area contributed by atoms with Crippen molar-refractivity contribution in [1.82, 2.24) is 0 Å². The lowest BCUT2D eigenvalue weighted by Gasteiger charge is -1.91. The molecule has 1 aromatic carbocycles. The first-order chi connectivity index (χ1) is 6.95. The molecule has 86 valence electrons. The molecule has 0 aromatic heterocycles. The Hall–Kier alpha value is -1.75. The summed E-state index contributed by atoms with van der Waals surface area (Å²) in [5, 5.41) is 24.8. The first kappa shape index (κ1) is 15.7. The third kappa shape index (κ3) is 15.0. The van der Waals surface area contributed by atoms with Crippen LogP contribution in [0.5, 0.6) is 11.5 Å². The average Bonchev–Trinajstić information content (AvgIpc) is 2.10. The molecule has 0 aliphatic carbocycles. The van der Waals surface area contributed by atoms with E-state index in [1.165, 1.54) is 12.1 Å². The minimum atomic E-state index is -0.833. The van der Waals surface area contributed by atoms with Crippen molar-refractivity contribution < 1.29 is 24.9 Å². The number of aromatic hydroxyl groups is 2. The number of hydrogen-bond donors (Lipinski definition) is 3. The van der Waals surface area contributed by atoms with Crippen molar-refractivity contribution in [2.75, 3.05) is 14.2 Å². The van der Waals surface area contributed by atoms with Gasteiger partial charge in [-0.25, -0.2) is 0 Å². The van der Waals surface area contributed by atoms with Crippen LogP contribution in [-0.4, -0.2) is 35.5 Å². The van der Waals surface area contributed by atoms with Crippen molar-refractivity contribution in [3.8, 4) is 11.5 Å². The molecule has 3 N–H and O–H groups in total. The fourth-order valence-corrected chi connectivity index (χ4v) is 0.464. The summed E-state index contributed by atoms with van der Waals surface area (Å²) < 4.78 is 4.25. The van der Waals surface area contributed by atoms with Crippen molar-refractivity contribution in [2.24, 2.45) is 0 Å². The molecule has 0 spiro atoms. The molecule has 0 fully saturated rings. The van der Waals surface area contributed by atoms with Gasteiger partial charge in [-0.3, -0.25) is 4.79 Å². The van der Waals surface area contributed by atoms with Gasteiger partial charge in [0.2, 0.25) is 0 Å². The molecule has 0 saturated heterocycles. The zero-order valence-corrected chi connectivity index (χ0v) is 8.97. The number of para-hydroxylation sites is 2. The van der Waals surface area contributed by atoms with Gasteiger partial charge >= 0.3 is 0 Å². The molecule has 0 aliphatic rings. The minimum absolute atomic E-state index is 0.0764. The van der Waals surface area contributed by atoms with Crippen LogP contribution in [0, 0.1) is 0 Å². The fourth-order valence-electron chi connectivity index (χ4n) is 0.464. The van der Waals surface area contributed by atoms with Gasteiger partial charge < -0.3 is 20.1 Å². The summed E-state index contributed by atoms with van der Waals surface area (Å²) in [6, 6.07) is 6.15. The van der Waals surface area contributed by atoms with E-state index in [0.29, 0.717) is 0 Å². The van der Waals surface area contributed by atoms with Gasteiger partial charge in [0.25, 0.3) is 5.97 Å². The molecule has 0 saturated carbocycles. The minimum Gasteiger partial charge on any atom is -0.504 e. The molecule has 0 heterocycles. The quantitative estimate of drug-likeness (QED) is 0.571. The predicted octanol–water partition coefficient (Wildman–Crippen LogP) is 1.45. The Kier molecular flexibility index (Phi) is 10.8. The molecule has 15 heavy (non-hydrogen) atoms. The van der Waals surface area contributed by atoms with Crippen LogP contribution in [0.4, 0.5) is 0 Å². The third-order valence-electron chi connectivity index (χ3n) is 0.882. The molecule has 0 aliphatic heterocycles. The number of hydrogen-bond acceptors (Lipinski definition) is 4. The van der Waals surface area contributed by atoms with Crippen LogP contribution < -0.4 is 0 Å². The smallest absolute Gasteiger partial charge is 0.300 e. The van der Waals surface area contributed by atoms with Crippen molar-refractivity contribution in [3.63, 3.8) is 0 Å². The van der Waals surface area contributed by atoms with Gasteiger partial charge in [0, 0.05) is 21.1 Å².